The molecule has 0 saturated heterocycles. The number of fused-ring (bicyclic) bond motifs is 3. The highest BCUT2D eigenvalue weighted by molar-refractivity contribution is 7.18. The van der Waals surface area contributed by atoms with Gasteiger partial charge in [0, 0.05) is 9.90 Å². The van der Waals surface area contributed by atoms with E-state index in [0.717, 1.165) is 24.8 Å². The monoisotopic (exact) mass is 346 g/mol. The molecule has 4 rings (SSSR count). The molecule has 0 spiro atoms. The molecule has 0 unspecified atom stereocenters. The summed E-state index contributed by atoms with van der Waals surface area (Å²) in [5.41, 5.74) is 0.935. The molecule has 0 amide bonds. The Hall–Kier alpha value is -1.85. The van der Waals surface area contributed by atoms with Crippen LogP contribution < -0.4 is 11.2 Å². The third-order valence-corrected chi connectivity index (χ3v) is 5.82. The molecule has 1 aliphatic rings. The predicted molar refractivity (Wildman–Crippen MR) is 94.2 cm³/mol. The van der Waals surface area contributed by atoms with Gasteiger partial charge in [-0.15, -0.1) is 11.3 Å². The molecular formula is C17H15ClN2O2S. The molecule has 3 aromatic rings. The first kappa shape index (κ1) is 14.7. The third kappa shape index (κ3) is 2.35. The summed E-state index contributed by atoms with van der Waals surface area (Å²) >= 11 is 7.55. The average molecular weight is 347 g/mol. The summed E-state index contributed by atoms with van der Waals surface area (Å²) in [7, 11) is 0. The van der Waals surface area contributed by atoms with Crippen LogP contribution in [-0.4, -0.2) is 9.55 Å². The molecular weight excluding hydrogens is 332 g/mol. The molecule has 0 saturated carbocycles. The first-order valence-electron chi connectivity index (χ1n) is 7.60. The highest BCUT2D eigenvalue weighted by atomic mass is 35.5. The molecule has 1 aliphatic carbocycles. The summed E-state index contributed by atoms with van der Waals surface area (Å²) < 4.78 is 1.18. The molecule has 1 atom stereocenters. The van der Waals surface area contributed by atoms with Crippen molar-refractivity contribution in [2.75, 3.05) is 0 Å². The van der Waals surface area contributed by atoms with Crippen LogP contribution in [0.5, 0.6) is 0 Å². The number of aryl methyl sites for hydroxylation is 1. The summed E-state index contributed by atoms with van der Waals surface area (Å²) in [6.07, 6.45) is 2.95. The van der Waals surface area contributed by atoms with E-state index in [1.165, 1.54) is 9.44 Å². The van der Waals surface area contributed by atoms with Crippen molar-refractivity contribution < 1.29 is 0 Å². The Balaban J connectivity index is 2.04. The van der Waals surface area contributed by atoms with Crippen LogP contribution in [0.4, 0.5) is 0 Å². The molecule has 118 valence electrons. The number of nitrogens with one attached hydrogen (secondary N) is 1. The minimum absolute atomic E-state index is 0.252. The van der Waals surface area contributed by atoms with E-state index < -0.39 is 5.69 Å². The van der Waals surface area contributed by atoms with Gasteiger partial charge >= 0.3 is 5.69 Å². The third-order valence-electron chi connectivity index (χ3n) is 4.42. The van der Waals surface area contributed by atoms with Gasteiger partial charge in [-0.25, -0.2) is 9.36 Å². The fraction of sp³-hybridized carbons (Fsp3) is 0.294. The Morgan fingerprint density at radius 3 is 2.96 bits per heavy atom. The summed E-state index contributed by atoms with van der Waals surface area (Å²) in [6.45, 7) is 2.22. The number of benzene rings is 1. The van der Waals surface area contributed by atoms with Gasteiger partial charge in [0.15, 0.2) is 0 Å². The Bertz CT molecular complexity index is 1030. The summed E-state index contributed by atoms with van der Waals surface area (Å²) in [4.78, 5) is 30.2. The Labute approximate surface area is 141 Å². The van der Waals surface area contributed by atoms with Crippen LogP contribution in [0.1, 0.15) is 23.8 Å². The zero-order valence-corrected chi connectivity index (χ0v) is 14.1. The molecule has 2 heterocycles. The minimum Gasteiger partial charge on any atom is -0.298 e. The van der Waals surface area contributed by atoms with Gasteiger partial charge in [-0.05, 0) is 48.9 Å². The van der Waals surface area contributed by atoms with E-state index in [9.17, 15) is 9.59 Å². The van der Waals surface area contributed by atoms with Gasteiger partial charge in [-0.1, -0.05) is 24.6 Å². The molecule has 1 N–H and O–H groups in total. The van der Waals surface area contributed by atoms with Crippen molar-refractivity contribution in [3.05, 3.63) is 60.6 Å². The zero-order chi connectivity index (χ0) is 16.1. The van der Waals surface area contributed by atoms with Crippen molar-refractivity contribution in [2.45, 2.75) is 26.2 Å². The number of hydrogen-bond donors (Lipinski definition) is 1. The van der Waals surface area contributed by atoms with E-state index >= 15 is 0 Å². The van der Waals surface area contributed by atoms with E-state index in [0.29, 0.717) is 26.8 Å². The quantitative estimate of drug-likeness (QED) is 0.733. The van der Waals surface area contributed by atoms with Crippen molar-refractivity contribution in [2.24, 2.45) is 5.92 Å². The van der Waals surface area contributed by atoms with E-state index in [1.54, 1.807) is 35.6 Å². The minimum atomic E-state index is -0.420. The number of aromatic nitrogens is 2. The zero-order valence-electron chi connectivity index (χ0n) is 12.6. The van der Waals surface area contributed by atoms with E-state index in [4.69, 9.17) is 11.6 Å². The Kier molecular flexibility index (Phi) is 3.43. The molecule has 4 nitrogen and oxygen atoms in total. The second-order valence-electron chi connectivity index (χ2n) is 6.11. The number of thiophene rings is 1. The van der Waals surface area contributed by atoms with Crippen molar-refractivity contribution >= 4 is 33.2 Å². The molecule has 23 heavy (non-hydrogen) atoms. The van der Waals surface area contributed by atoms with Gasteiger partial charge in [0.1, 0.15) is 4.83 Å². The molecule has 2 aromatic heterocycles. The van der Waals surface area contributed by atoms with Gasteiger partial charge in [-0.3, -0.25) is 9.78 Å². The van der Waals surface area contributed by atoms with E-state index in [1.807, 2.05) is 0 Å². The van der Waals surface area contributed by atoms with Crippen molar-refractivity contribution in [1.29, 1.82) is 0 Å². The lowest BCUT2D eigenvalue weighted by atomic mass is 9.89. The van der Waals surface area contributed by atoms with Crippen molar-refractivity contribution in [1.82, 2.24) is 9.55 Å². The first-order valence-corrected chi connectivity index (χ1v) is 8.79. The smallest absolute Gasteiger partial charge is 0.298 e. The topological polar surface area (TPSA) is 54.9 Å². The maximum Gasteiger partial charge on any atom is 0.334 e. The molecule has 1 aromatic carbocycles. The highest BCUT2D eigenvalue weighted by Crippen LogP contribution is 2.35. The van der Waals surface area contributed by atoms with Crippen LogP contribution in [0, 0.1) is 5.92 Å². The highest BCUT2D eigenvalue weighted by Gasteiger charge is 2.24. The van der Waals surface area contributed by atoms with Crippen LogP contribution >= 0.6 is 22.9 Å². The number of halogens is 1. The Morgan fingerprint density at radius 2 is 2.17 bits per heavy atom. The second kappa shape index (κ2) is 5.35. The van der Waals surface area contributed by atoms with Crippen LogP contribution in [0.15, 0.2) is 33.9 Å². The standard InChI is InChI=1S/C17H15ClN2O2S/c1-9-5-6-12-13(7-9)23-15-14(12)16(21)20(17(22)19-15)11-4-2-3-10(18)8-11/h2-4,8-9H,5-7H2,1H3,(H,19,22)/t9-/m1/s1. The van der Waals surface area contributed by atoms with E-state index in [-0.39, 0.29) is 5.56 Å². The number of nitrogens with zero attached hydrogens (tertiary/aromatic N) is 1. The van der Waals surface area contributed by atoms with Gasteiger partial charge in [0.2, 0.25) is 0 Å². The van der Waals surface area contributed by atoms with Crippen molar-refractivity contribution in [3.63, 3.8) is 0 Å². The lowest BCUT2D eigenvalue weighted by Gasteiger charge is -2.17. The normalized spacial score (nSPS) is 17.4. The van der Waals surface area contributed by atoms with Crippen LogP contribution in [-0.2, 0) is 12.8 Å². The van der Waals surface area contributed by atoms with Gasteiger partial charge < -0.3 is 0 Å². The second-order valence-corrected chi connectivity index (χ2v) is 7.65. The summed E-state index contributed by atoms with van der Waals surface area (Å²) in [5.74, 6) is 0.623. The summed E-state index contributed by atoms with van der Waals surface area (Å²) in [6, 6.07) is 6.80. The number of hydrogen-bond acceptors (Lipinski definition) is 3. The number of H-pyrrole nitrogens is 1. The molecule has 0 bridgehead atoms. The lowest BCUT2D eigenvalue weighted by Crippen LogP contribution is -2.33. The van der Waals surface area contributed by atoms with Crippen molar-refractivity contribution in [3.8, 4) is 5.69 Å². The number of aromatic amines is 1. The van der Waals surface area contributed by atoms with Gasteiger partial charge in [0.05, 0.1) is 11.1 Å². The average Bonchev–Trinajstić information content (AvgIpc) is 2.84. The maximum atomic E-state index is 13.0. The van der Waals surface area contributed by atoms with E-state index in [2.05, 4.69) is 11.9 Å². The predicted octanol–water partition coefficient (Wildman–Crippen LogP) is 3.52. The van der Waals surface area contributed by atoms with Crippen LogP contribution in [0.3, 0.4) is 0 Å². The fourth-order valence-corrected chi connectivity index (χ4v) is 4.85. The SMILES string of the molecule is C[C@@H]1CCc2c(sc3[nH]c(=O)n(-c4cccc(Cl)c4)c(=O)c23)C1. The molecule has 0 radical (unpaired) electrons. The molecule has 0 aliphatic heterocycles. The summed E-state index contributed by atoms with van der Waals surface area (Å²) in [5, 5.41) is 1.16. The lowest BCUT2D eigenvalue weighted by molar-refractivity contribution is 0.509. The molecule has 6 heteroatoms. The number of rotatable bonds is 1. The molecule has 0 fully saturated rings. The largest absolute Gasteiger partial charge is 0.334 e. The first-order chi connectivity index (χ1) is 11.0. The maximum absolute atomic E-state index is 13.0. The van der Waals surface area contributed by atoms with Crippen LogP contribution in [0.2, 0.25) is 5.02 Å². The van der Waals surface area contributed by atoms with Gasteiger partial charge in [0.25, 0.3) is 5.56 Å². The Morgan fingerprint density at radius 1 is 1.35 bits per heavy atom. The van der Waals surface area contributed by atoms with Crippen LogP contribution in [0.25, 0.3) is 15.9 Å². The fourth-order valence-electron chi connectivity index (χ4n) is 3.27. The van der Waals surface area contributed by atoms with Gasteiger partial charge in [-0.2, -0.15) is 0 Å².